The molecule has 7 heteroatoms. The highest BCUT2D eigenvalue weighted by atomic mass is 16.5. The molecule has 0 aliphatic carbocycles. The van der Waals surface area contributed by atoms with Gasteiger partial charge in [-0.2, -0.15) is 4.99 Å². The maximum Gasteiger partial charge on any atom is 0.296 e. The molecule has 0 bridgehead atoms. The number of carbonyl (C=O) groups excluding carboxylic acids is 1. The molecular formula is C23H27N5O2. The summed E-state index contributed by atoms with van der Waals surface area (Å²) in [6, 6.07) is 15.7. The van der Waals surface area contributed by atoms with Gasteiger partial charge in [-0.3, -0.25) is 9.69 Å². The topological polar surface area (TPSA) is 95.7 Å². The number of hydrogen-bond acceptors (Lipinski definition) is 3. The summed E-state index contributed by atoms with van der Waals surface area (Å²) in [5.41, 5.74) is 8.04. The molecule has 2 heterocycles. The average Bonchev–Trinajstić information content (AvgIpc) is 3.19. The van der Waals surface area contributed by atoms with Crippen LogP contribution in [-0.4, -0.2) is 41.9 Å². The molecule has 4 rings (SSSR count). The second kappa shape index (κ2) is 9.00. The van der Waals surface area contributed by atoms with Crippen molar-refractivity contribution in [3.05, 3.63) is 59.8 Å². The van der Waals surface area contributed by atoms with Crippen molar-refractivity contribution < 1.29 is 9.53 Å². The number of aliphatic imine (C=N–C) groups is 1. The van der Waals surface area contributed by atoms with Crippen LogP contribution in [0.2, 0.25) is 0 Å². The molecular weight excluding hydrogens is 378 g/mol. The van der Waals surface area contributed by atoms with Crippen molar-refractivity contribution in [2.75, 3.05) is 20.1 Å². The Bertz CT molecular complexity index is 1050. The van der Waals surface area contributed by atoms with E-state index in [1.165, 1.54) is 37.9 Å². The monoisotopic (exact) mass is 405 g/mol. The van der Waals surface area contributed by atoms with Crippen molar-refractivity contribution in [1.29, 1.82) is 0 Å². The summed E-state index contributed by atoms with van der Waals surface area (Å²) < 4.78 is 6.01. The molecule has 1 fully saturated rings. The first-order valence-corrected chi connectivity index (χ1v) is 10.3. The van der Waals surface area contributed by atoms with Gasteiger partial charge in [0.25, 0.3) is 5.91 Å². The van der Waals surface area contributed by atoms with Gasteiger partial charge in [-0.15, -0.1) is 0 Å². The second-order valence-corrected chi connectivity index (χ2v) is 7.57. The Morgan fingerprint density at radius 1 is 1.10 bits per heavy atom. The predicted octanol–water partition coefficient (Wildman–Crippen LogP) is 3.62. The first-order valence-electron chi connectivity index (χ1n) is 10.3. The van der Waals surface area contributed by atoms with Gasteiger partial charge < -0.3 is 20.8 Å². The molecule has 7 nitrogen and oxygen atoms in total. The van der Waals surface area contributed by atoms with Crippen LogP contribution < -0.4 is 15.8 Å². The van der Waals surface area contributed by atoms with Crippen molar-refractivity contribution in [3.8, 4) is 11.5 Å². The number of nitrogens with zero attached hydrogens (tertiary/aromatic N) is 2. The van der Waals surface area contributed by atoms with Gasteiger partial charge in [-0.25, -0.2) is 0 Å². The zero-order valence-electron chi connectivity index (χ0n) is 17.1. The number of ether oxygens (including phenoxy) is 1. The number of carbonyl (C=O) groups is 1. The zero-order chi connectivity index (χ0) is 20.9. The number of nitrogens with two attached hydrogens (primary N) is 1. The van der Waals surface area contributed by atoms with E-state index in [9.17, 15) is 4.79 Å². The molecule has 2 aromatic carbocycles. The van der Waals surface area contributed by atoms with Crippen molar-refractivity contribution in [2.45, 2.75) is 25.8 Å². The second-order valence-electron chi connectivity index (χ2n) is 7.57. The lowest BCUT2D eigenvalue weighted by molar-refractivity contribution is 0.0998. The van der Waals surface area contributed by atoms with Crippen LogP contribution in [0.1, 0.15) is 35.3 Å². The molecule has 1 aliphatic rings. The van der Waals surface area contributed by atoms with Crippen molar-refractivity contribution in [2.24, 2.45) is 10.7 Å². The number of piperidine rings is 1. The third kappa shape index (κ3) is 4.80. The number of fused-ring (bicyclic) bond motifs is 1. The number of nitrogens with one attached hydrogen (secondary N) is 2. The number of H-pyrrole nitrogens is 1. The number of aromatic nitrogens is 1. The molecule has 0 atom stereocenters. The molecule has 4 N–H and O–H groups in total. The quantitative estimate of drug-likeness (QED) is 0.445. The Kier molecular flexibility index (Phi) is 5.99. The van der Waals surface area contributed by atoms with Crippen molar-refractivity contribution in [3.63, 3.8) is 0 Å². The molecule has 1 saturated heterocycles. The normalized spacial score (nSPS) is 15.3. The number of aromatic amines is 1. The van der Waals surface area contributed by atoms with E-state index in [1.807, 2.05) is 30.3 Å². The summed E-state index contributed by atoms with van der Waals surface area (Å²) in [4.78, 5) is 21.5. The lowest BCUT2D eigenvalue weighted by Crippen LogP contribution is -2.28. The molecule has 0 spiro atoms. The Morgan fingerprint density at radius 2 is 1.83 bits per heavy atom. The maximum atomic E-state index is 12.2. The minimum atomic E-state index is -0.426. The predicted molar refractivity (Wildman–Crippen MR) is 119 cm³/mol. The highest BCUT2D eigenvalue weighted by molar-refractivity contribution is 6.04. The van der Waals surface area contributed by atoms with E-state index in [1.54, 1.807) is 13.1 Å². The summed E-state index contributed by atoms with van der Waals surface area (Å²) in [5, 5.41) is 3.54. The largest absolute Gasteiger partial charge is 0.457 e. The van der Waals surface area contributed by atoms with Crippen LogP contribution in [0.15, 0.2) is 53.5 Å². The van der Waals surface area contributed by atoms with Gasteiger partial charge in [-0.1, -0.05) is 18.6 Å². The zero-order valence-corrected chi connectivity index (χ0v) is 17.1. The number of likely N-dealkylation sites (tertiary alicyclic amines) is 1. The first-order chi connectivity index (χ1) is 14.6. The van der Waals surface area contributed by atoms with E-state index in [-0.39, 0.29) is 5.96 Å². The number of amides is 1. The summed E-state index contributed by atoms with van der Waals surface area (Å²) in [6.45, 7) is 3.36. The van der Waals surface area contributed by atoms with Gasteiger partial charge in [0.2, 0.25) is 0 Å². The standard InChI is InChI=1S/C23H27N5O2/c1-25-23(24)27-22(29)21-13-17-7-10-19(14-20(17)26-21)30-18-8-5-16(6-9-18)15-28-11-3-2-4-12-28/h5-10,13-14,26H,2-4,11-12,15H2,1H3,(H3,24,25,27,29). The highest BCUT2D eigenvalue weighted by Gasteiger charge is 2.12. The van der Waals surface area contributed by atoms with Crippen LogP contribution in [0, 0.1) is 0 Å². The number of rotatable bonds is 5. The summed E-state index contributed by atoms with van der Waals surface area (Å²) in [5.74, 6) is 1.13. The smallest absolute Gasteiger partial charge is 0.296 e. The summed E-state index contributed by atoms with van der Waals surface area (Å²) in [6.07, 6.45) is 3.94. The Morgan fingerprint density at radius 3 is 2.57 bits per heavy atom. The Labute approximate surface area is 175 Å². The fourth-order valence-corrected chi connectivity index (χ4v) is 3.69. The lowest BCUT2D eigenvalue weighted by atomic mass is 10.1. The highest BCUT2D eigenvalue weighted by Crippen LogP contribution is 2.27. The van der Waals surface area contributed by atoms with E-state index in [0.29, 0.717) is 11.4 Å². The molecule has 1 amide bonds. The molecule has 1 aromatic heterocycles. The number of hydrogen-bond donors (Lipinski definition) is 3. The first kappa shape index (κ1) is 20.0. The van der Waals surface area contributed by atoms with Crippen molar-refractivity contribution in [1.82, 2.24) is 15.2 Å². The van der Waals surface area contributed by atoms with Crippen LogP contribution >= 0.6 is 0 Å². The average molecular weight is 406 g/mol. The van der Waals surface area contributed by atoms with E-state index in [2.05, 4.69) is 32.3 Å². The van der Waals surface area contributed by atoms with Crippen LogP contribution in [0.25, 0.3) is 10.9 Å². The minimum Gasteiger partial charge on any atom is -0.457 e. The van der Waals surface area contributed by atoms with Gasteiger partial charge >= 0.3 is 0 Å². The van der Waals surface area contributed by atoms with Crippen molar-refractivity contribution >= 4 is 22.8 Å². The lowest BCUT2D eigenvalue weighted by Gasteiger charge is -2.26. The maximum absolute atomic E-state index is 12.2. The molecule has 3 aromatic rings. The Balaban J connectivity index is 1.44. The van der Waals surface area contributed by atoms with E-state index < -0.39 is 5.91 Å². The van der Waals surface area contributed by atoms with Gasteiger partial charge in [0.1, 0.15) is 17.2 Å². The van der Waals surface area contributed by atoms with E-state index in [0.717, 1.165) is 23.2 Å². The van der Waals surface area contributed by atoms with Gasteiger partial charge in [-0.05, 0) is 61.8 Å². The van der Waals surface area contributed by atoms with Gasteiger partial charge in [0, 0.05) is 30.6 Å². The fraction of sp³-hybridized carbons (Fsp3) is 0.304. The number of benzene rings is 2. The van der Waals surface area contributed by atoms with Crippen LogP contribution in [0.5, 0.6) is 11.5 Å². The van der Waals surface area contributed by atoms with E-state index >= 15 is 0 Å². The SMILES string of the molecule is CNC(N)=NC(=O)c1cc2ccc(Oc3ccc(CN4CCCCC4)cc3)cc2[nH]1. The van der Waals surface area contributed by atoms with Crippen LogP contribution in [-0.2, 0) is 6.54 Å². The molecule has 1 aliphatic heterocycles. The number of guanidine groups is 1. The Hall–Kier alpha value is -3.32. The molecule has 30 heavy (non-hydrogen) atoms. The third-order valence-electron chi connectivity index (χ3n) is 5.32. The third-order valence-corrected chi connectivity index (χ3v) is 5.32. The fourth-order valence-electron chi connectivity index (χ4n) is 3.69. The molecule has 156 valence electrons. The summed E-state index contributed by atoms with van der Waals surface area (Å²) in [7, 11) is 1.61. The van der Waals surface area contributed by atoms with Gasteiger partial charge in [0.15, 0.2) is 5.96 Å². The molecule has 0 saturated carbocycles. The van der Waals surface area contributed by atoms with Gasteiger partial charge in [0.05, 0.1) is 0 Å². The van der Waals surface area contributed by atoms with Crippen LogP contribution in [0.3, 0.4) is 0 Å². The molecule has 0 radical (unpaired) electrons. The summed E-state index contributed by atoms with van der Waals surface area (Å²) >= 11 is 0. The minimum absolute atomic E-state index is 0.0754. The van der Waals surface area contributed by atoms with Crippen LogP contribution in [0.4, 0.5) is 0 Å². The molecule has 0 unspecified atom stereocenters. The van der Waals surface area contributed by atoms with E-state index in [4.69, 9.17) is 10.5 Å².